The van der Waals surface area contributed by atoms with Gasteiger partial charge >= 0.3 is 5.97 Å². The Kier molecular flexibility index (Phi) is 13.6. The Balaban J connectivity index is 0. The molecule has 1 unspecified atom stereocenters. The van der Waals surface area contributed by atoms with Crippen molar-refractivity contribution in [3.05, 3.63) is 12.3 Å². The van der Waals surface area contributed by atoms with Gasteiger partial charge in [-0.25, -0.2) is 0 Å². The zero-order chi connectivity index (χ0) is 13.0. The molecule has 0 radical (unpaired) electrons. The van der Waals surface area contributed by atoms with Crippen molar-refractivity contribution in [2.24, 2.45) is 0 Å². The van der Waals surface area contributed by atoms with E-state index in [2.05, 4.69) is 33.7 Å². The SMILES string of the molecule is C=C(CS)OOC.CCC(O)COC(C)=O. The van der Waals surface area contributed by atoms with Gasteiger partial charge in [0.1, 0.15) is 12.4 Å². The fourth-order valence-electron chi connectivity index (χ4n) is 0.476. The van der Waals surface area contributed by atoms with Gasteiger partial charge in [0.25, 0.3) is 0 Å². The second-order valence-corrected chi connectivity index (χ2v) is 3.13. The van der Waals surface area contributed by atoms with Crippen LogP contribution in [-0.4, -0.2) is 36.6 Å². The summed E-state index contributed by atoms with van der Waals surface area (Å²) in [7, 11) is 1.43. The summed E-state index contributed by atoms with van der Waals surface area (Å²) in [4.78, 5) is 18.8. The maximum Gasteiger partial charge on any atom is 0.302 e. The molecule has 0 bridgehead atoms. The Labute approximate surface area is 102 Å². The van der Waals surface area contributed by atoms with E-state index in [4.69, 9.17) is 5.11 Å². The van der Waals surface area contributed by atoms with E-state index in [9.17, 15) is 4.79 Å². The van der Waals surface area contributed by atoms with Crippen molar-refractivity contribution < 1.29 is 24.4 Å². The van der Waals surface area contributed by atoms with Crippen molar-refractivity contribution in [3.63, 3.8) is 0 Å². The van der Waals surface area contributed by atoms with E-state index < -0.39 is 6.10 Å². The molecule has 0 fully saturated rings. The molecular formula is C10H20O5S. The first-order valence-corrected chi connectivity index (χ1v) is 5.41. The number of thiol groups is 1. The summed E-state index contributed by atoms with van der Waals surface area (Å²) in [6.45, 7) is 6.71. The van der Waals surface area contributed by atoms with Gasteiger partial charge in [-0.1, -0.05) is 13.5 Å². The molecule has 0 aromatic heterocycles. The average Bonchev–Trinajstić information content (AvgIpc) is 2.26. The lowest BCUT2D eigenvalue weighted by molar-refractivity contribution is -0.235. The quantitative estimate of drug-likeness (QED) is 0.245. The molecular weight excluding hydrogens is 232 g/mol. The minimum absolute atomic E-state index is 0.117. The van der Waals surface area contributed by atoms with Crippen LogP contribution in [0.25, 0.3) is 0 Å². The van der Waals surface area contributed by atoms with E-state index in [-0.39, 0.29) is 12.6 Å². The number of hydrogen-bond donors (Lipinski definition) is 2. The zero-order valence-electron chi connectivity index (χ0n) is 9.93. The van der Waals surface area contributed by atoms with E-state index in [1.807, 2.05) is 6.92 Å². The maximum atomic E-state index is 10.1. The molecule has 0 spiro atoms. The smallest absolute Gasteiger partial charge is 0.302 e. The molecule has 1 N–H and O–H groups in total. The molecule has 5 nitrogen and oxygen atoms in total. The molecule has 16 heavy (non-hydrogen) atoms. The Morgan fingerprint density at radius 1 is 1.56 bits per heavy atom. The van der Waals surface area contributed by atoms with Gasteiger partial charge in [-0.3, -0.25) is 4.79 Å². The molecule has 0 aliphatic rings. The van der Waals surface area contributed by atoms with Gasteiger partial charge < -0.3 is 14.7 Å². The third-order valence-electron chi connectivity index (χ3n) is 1.33. The van der Waals surface area contributed by atoms with Gasteiger partial charge in [0.05, 0.1) is 19.0 Å². The van der Waals surface area contributed by atoms with E-state index in [1.165, 1.54) is 14.0 Å². The lowest BCUT2D eigenvalue weighted by Gasteiger charge is -2.05. The van der Waals surface area contributed by atoms with Crippen LogP contribution >= 0.6 is 12.6 Å². The summed E-state index contributed by atoms with van der Waals surface area (Å²) in [5.74, 6) is 0.668. The highest BCUT2D eigenvalue weighted by atomic mass is 32.1. The molecule has 0 aliphatic carbocycles. The van der Waals surface area contributed by atoms with Crippen LogP contribution in [0.2, 0.25) is 0 Å². The van der Waals surface area contributed by atoms with Gasteiger partial charge in [0.15, 0.2) is 0 Å². The number of esters is 1. The molecule has 1 atom stereocenters. The van der Waals surface area contributed by atoms with Crippen LogP contribution in [-0.2, 0) is 19.3 Å². The van der Waals surface area contributed by atoms with Crippen LogP contribution in [0.1, 0.15) is 20.3 Å². The van der Waals surface area contributed by atoms with Gasteiger partial charge in [-0.05, 0) is 6.42 Å². The fourth-order valence-corrected chi connectivity index (χ4v) is 0.528. The first-order valence-electron chi connectivity index (χ1n) is 4.78. The number of aliphatic hydroxyl groups excluding tert-OH is 1. The molecule has 0 amide bonds. The number of aliphatic hydroxyl groups is 1. The summed E-state index contributed by atoms with van der Waals surface area (Å²) < 4.78 is 4.51. The van der Waals surface area contributed by atoms with Crippen LogP contribution in [0.3, 0.4) is 0 Å². The lowest BCUT2D eigenvalue weighted by Crippen LogP contribution is -2.15. The third-order valence-corrected chi connectivity index (χ3v) is 1.68. The van der Waals surface area contributed by atoms with Crippen LogP contribution in [0.5, 0.6) is 0 Å². The van der Waals surface area contributed by atoms with Gasteiger partial charge in [-0.15, -0.1) is 0 Å². The highest BCUT2D eigenvalue weighted by Gasteiger charge is 2.00. The van der Waals surface area contributed by atoms with Crippen LogP contribution in [0.4, 0.5) is 0 Å². The summed E-state index contributed by atoms with van der Waals surface area (Å²) in [5, 5.41) is 8.83. The summed E-state index contributed by atoms with van der Waals surface area (Å²) in [6, 6.07) is 0. The maximum absolute atomic E-state index is 10.1. The van der Waals surface area contributed by atoms with Crippen molar-refractivity contribution in [2.75, 3.05) is 19.5 Å². The lowest BCUT2D eigenvalue weighted by atomic mass is 10.3. The number of ether oxygens (including phenoxy) is 1. The highest BCUT2D eigenvalue weighted by Crippen LogP contribution is 1.93. The third kappa shape index (κ3) is 15.7. The second kappa shape index (κ2) is 12.4. The molecule has 0 saturated carbocycles. The molecule has 0 aromatic carbocycles. The minimum atomic E-state index is -0.506. The van der Waals surface area contributed by atoms with Crippen LogP contribution < -0.4 is 0 Å². The number of hydrogen-bond acceptors (Lipinski definition) is 6. The first kappa shape index (κ1) is 17.7. The highest BCUT2D eigenvalue weighted by molar-refractivity contribution is 7.80. The zero-order valence-corrected chi connectivity index (χ0v) is 10.8. The molecule has 0 aliphatic heterocycles. The Morgan fingerprint density at radius 2 is 2.12 bits per heavy atom. The minimum Gasteiger partial charge on any atom is -0.463 e. The number of carbonyl (C=O) groups excluding carboxylic acids is 1. The van der Waals surface area contributed by atoms with Crippen molar-refractivity contribution in [2.45, 2.75) is 26.4 Å². The monoisotopic (exact) mass is 252 g/mol. The number of rotatable bonds is 6. The fraction of sp³-hybridized carbons (Fsp3) is 0.700. The van der Waals surface area contributed by atoms with Crippen molar-refractivity contribution >= 4 is 18.6 Å². The molecule has 0 aromatic rings. The summed E-state index contributed by atoms with van der Waals surface area (Å²) in [6.07, 6.45) is 0.113. The van der Waals surface area contributed by atoms with E-state index in [0.29, 0.717) is 17.9 Å². The van der Waals surface area contributed by atoms with Crippen molar-refractivity contribution in [3.8, 4) is 0 Å². The molecule has 0 saturated heterocycles. The summed E-state index contributed by atoms with van der Waals surface area (Å²) >= 11 is 3.84. The Hall–Kier alpha value is -0.720. The van der Waals surface area contributed by atoms with E-state index in [0.717, 1.165) is 0 Å². The van der Waals surface area contributed by atoms with Gasteiger partial charge in [0.2, 0.25) is 0 Å². The van der Waals surface area contributed by atoms with Crippen molar-refractivity contribution in [1.29, 1.82) is 0 Å². The first-order chi connectivity index (χ1) is 7.47. The van der Waals surface area contributed by atoms with E-state index >= 15 is 0 Å². The molecule has 0 heterocycles. The predicted molar refractivity (Wildman–Crippen MR) is 64.0 cm³/mol. The number of carbonyl (C=O) groups is 1. The van der Waals surface area contributed by atoms with E-state index in [1.54, 1.807) is 0 Å². The van der Waals surface area contributed by atoms with Gasteiger partial charge in [0, 0.05) is 6.92 Å². The largest absolute Gasteiger partial charge is 0.463 e. The van der Waals surface area contributed by atoms with Crippen molar-refractivity contribution in [1.82, 2.24) is 0 Å². The normalized spacial score (nSPS) is 10.8. The van der Waals surface area contributed by atoms with Gasteiger partial charge in [-0.2, -0.15) is 17.5 Å². The predicted octanol–water partition coefficient (Wildman–Crippen LogP) is 1.33. The Morgan fingerprint density at radius 3 is 2.38 bits per heavy atom. The molecule has 96 valence electrons. The van der Waals surface area contributed by atoms with Crippen LogP contribution in [0, 0.1) is 0 Å². The standard InChI is InChI=1S/C6H12O3.C4H8O2S/c1-3-6(8)4-9-5(2)7;1-4(3-7)6-5-2/h6,8H,3-4H2,1-2H3;7H,1,3H2,2H3. The molecule has 6 heteroatoms. The molecule has 0 rings (SSSR count). The topological polar surface area (TPSA) is 65.0 Å². The second-order valence-electron chi connectivity index (χ2n) is 2.81. The average molecular weight is 252 g/mol. The summed E-state index contributed by atoms with van der Waals surface area (Å²) in [5.41, 5.74) is 0. The Bertz CT molecular complexity index is 196. The van der Waals surface area contributed by atoms with Crippen LogP contribution in [0.15, 0.2) is 12.3 Å².